The van der Waals surface area contributed by atoms with Gasteiger partial charge in [-0.25, -0.2) is 0 Å². The molecule has 0 spiro atoms. The maximum Gasteiger partial charge on any atom is 0.211 e. The van der Waals surface area contributed by atoms with Gasteiger partial charge in [-0.3, -0.25) is 4.79 Å². The highest BCUT2D eigenvalue weighted by molar-refractivity contribution is 6.16. The Balaban J connectivity index is 2.16. The minimum absolute atomic E-state index is 0.277. The number of hydrogen-bond acceptors (Lipinski definition) is 6. The molecule has 0 aliphatic rings. The third-order valence-electron chi connectivity index (χ3n) is 4.21. The zero-order chi connectivity index (χ0) is 18.8. The number of nitrogen functional groups attached to an aromatic ring is 1. The van der Waals surface area contributed by atoms with Crippen LogP contribution < -0.4 is 24.7 Å². The van der Waals surface area contributed by atoms with Crippen LogP contribution in [0, 0.1) is 0 Å². The monoisotopic (exact) mass is 356 g/mol. The summed E-state index contributed by atoms with van der Waals surface area (Å²) in [7, 11) is 6.05. The lowest BCUT2D eigenvalue weighted by Gasteiger charge is -2.13. The summed E-state index contributed by atoms with van der Waals surface area (Å²) in [4.78, 5) is 16.1. The second-order valence-corrected chi connectivity index (χ2v) is 5.54. The summed E-state index contributed by atoms with van der Waals surface area (Å²) in [5, 5.41) is 0.722. The highest BCUT2D eigenvalue weighted by Crippen LogP contribution is 2.39. The van der Waals surface area contributed by atoms with Crippen LogP contribution >= 0.6 is 0 Å². The third-order valence-corrected chi connectivity index (χ3v) is 4.21. The van der Waals surface area contributed by atoms with E-state index in [4.69, 9.17) is 24.7 Å². The van der Waals surface area contributed by atoms with Crippen molar-refractivity contribution in [2.75, 3.05) is 34.2 Å². The summed E-state index contributed by atoms with van der Waals surface area (Å²) in [6, 6.07) is 8.62. The van der Waals surface area contributed by atoms with Crippen molar-refractivity contribution in [1.82, 2.24) is 4.98 Å². The highest BCUT2D eigenvalue weighted by Gasteiger charge is 2.22. The lowest BCUT2D eigenvalue weighted by molar-refractivity contribution is 0.103. The van der Waals surface area contributed by atoms with Crippen molar-refractivity contribution in [2.24, 2.45) is 0 Å². The summed E-state index contributed by atoms with van der Waals surface area (Å²) < 4.78 is 21.2. The van der Waals surface area contributed by atoms with E-state index in [0.29, 0.717) is 39.8 Å². The van der Waals surface area contributed by atoms with Crippen molar-refractivity contribution in [3.05, 3.63) is 41.6 Å². The molecule has 0 fully saturated rings. The molecule has 1 aromatic heterocycles. The molecule has 2 aromatic carbocycles. The number of fused-ring (bicyclic) bond motifs is 1. The first-order valence-electron chi connectivity index (χ1n) is 7.84. The minimum Gasteiger partial charge on any atom is -0.495 e. The van der Waals surface area contributed by atoms with E-state index in [-0.39, 0.29) is 11.5 Å². The molecule has 3 aromatic rings. The van der Waals surface area contributed by atoms with Crippen LogP contribution in [0.4, 0.5) is 5.69 Å². The fraction of sp³-hybridized carbons (Fsp3) is 0.211. The van der Waals surface area contributed by atoms with Crippen LogP contribution in [-0.4, -0.2) is 39.2 Å². The predicted octanol–water partition coefficient (Wildman–Crippen LogP) is 3.02. The van der Waals surface area contributed by atoms with Gasteiger partial charge in [0.05, 0.1) is 39.6 Å². The number of ether oxygens (including phenoxy) is 4. The van der Waals surface area contributed by atoms with E-state index in [9.17, 15) is 4.79 Å². The average molecular weight is 356 g/mol. The van der Waals surface area contributed by atoms with E-state index >= 15 is 0 Å². The van der Waals surface area contributed by atoms with E-state index in [2.05, 4.69) is 4.98 Å². The van der Waals surface area contributed by atoms with Gasteiger partial charge in [0.1, 0.15) is 11.4 Å². The van der Waals surface area contributed by atoms with Gasteiger partial charge in [0.2, 0.25) is 11.5 Å². The molecule has 0 amide bonds. The Kier molecular flexibility index (Phi) is 4.62. The van der Waals surface area contributed by atoms with Crippen molar-refractivity contribution in [1.29, 1.82) is 0 Å². The van der Waals surface area contributed by atoms with Crippen LogP contribution in [0.2, 0.25) is 0 Å². The van der Waals surface area contributed by atoms with Crippen molar-refractivity contribution in [2.45, 2.75) is 0 Å². The predicted molar refractivity (Wildman–Crippen MR) is 98.8 cm³/mol. The third kappa shape index (κ3) is 2.67. The molecule has 26 heavy (non-hydrogen) atoms. The summed E-state index contributed by atoms with van der Waals surface area (Å²) in [5.41, 5.74) is 7.87. The van der Waals surface area contributed by atoms with Gasteiger partial charge in [-0.1, -0.05) is 12.1 Å². The number of aromatic nitrogens is 1. The molecule has 0 bridgehead atoms. The number of carbonyl (C=O) groups excluding carboxylic acids is 1. The Bertz CT molecular complexity index is 952. The first-order valence-corrected chi connectivity index (χ1v) is 7.84. The topological polar surface area (TPSA) is 95.8 Å². The summed E-state index contributed by atoms with van der Waals surface area (Å²) in [6.45, 7) is 0. The summed E-state index contributed by atoms with van der Waals surface area (Å²) in [6.07, 6.45) is 0. The standard InChI is InChI=1S/C19H20N2O5/c1-23-12-7-5-6-11-15(20)17(21-16(11)12)18(22)10-8-13(24-2)19(26-4)14(9-10)25-3/h5-9,21H,20H2,1-4H3. The van der Waals surface area contributed by atoms with Gasteiger partial charge in [0.15, 0.2) is 11.5 Å². The van der Waals surface area contributed by atoms with Crippen molar-refractivity contribution in [3.8, 4) is 23.0 Å². The molecule has 0 radical (unpaired) electrons. The molecule has 136 valence electrons. The van der Waals surface area contributed by atoms with Crippen LogP contribution in [0.3, 0.4) is 0 Å². The zero-order valence-electron chi connectivity index (χ0n) is 15.0. The average Bonchev–Trinajstić information content (AvgIpc) is 3.02. The number of rotatable bonds is 6. The molecule has 3 rings (SSSR count). The number of nitrogens with two attached hydrogens (primary N) is 1. The number of methoxy groups -OCH3 is 4. The Morgan fingerprint density at radius 2 is 1.54 bits per heavy atom. The Morgan fingerprint density at radius 3 is 2.08 bits per heavy atom. The second-order valence-electron chi connectivity index (χ2n) is 5.54. The lowest BCUT2D eigenvalue weighted by Crippen LogP contribution is -2.06. The number of H-pyrrole nitrogens is 1. The molecule has 1 heterocycles. The molecule has 7 nitrogen and oxygen atoms in total. The number of carbonyl (C=O) groups is 1. The molecule has 0 saturated carbocycles. The van der Waals surface area contributed by atoms with Gasteiger partial charge >= 0.3 is 0 Å². The van der Waals surface area contributed by atoms with E-state index in [1.807, 2.05) is 12.1 Å². The summed E-state index contributed by atoms with van der Waals surface area (Å²) in [5.74, 6) is 1.51. The van der Waals surface area contributed by atoms with Crippen LogP contribution in [0.25, 0.3) is 10.9 Å². The van der Waals surface area contributed by atoms with Crippen LogP contribution in [0.15, 0.2) is 30.3 Å². The number of para-hydroxylation sites is 1. The Hall–Kier alpha value is -3.35. The van der Waals surface area contributed by atoms with Gasteiger partial charge in [-0.2, -0.15) is 0 Å². The van der Waals surface area contributed by atoms with Crippen molar-refractivity contribution < 1.29 is 23.7 Å². The van der Waals surface area contributed by atoms with Crippen LogP contribution in [-0.2, 0) is 0 Å². The molecule has 0 aliphatic heterocycles. The van der Waals surface area contributed by atoms with Gasteiger partial charge in [0, 0.05) is 10.9 Å². The largest absolute Gasteiger partial charge is 0.495 e. The van der Waals surface area contributed by atoms with Gasteiger partial charge in [0.25, 0.3) is 0 Å². The number of ketones is 1. The summed E-state index contributed by atoms with van der Waals surface area (Å²) >= 11 is 0. The molecule has 3 N–H and O–H groups in total. The highest BCUT2D eigenvalue weighted by atomic mass is 16.5. The first kappa shape index (κ1) is 17.5. The molecule has 0 unspecified atom stereocenters. The quantitative estimate of drug-likeness (QED) is 0.659. The van der Waals surface area contributed by atoms with E-state index < -0.39 is 0 Å². The van der Waals surface area contributed by atoms with Gasteiger partial charge < -0.3 is 29.7 Å². The van der Waals surface area contributed by atoms with Crippen LogP contribution in [0.5, 0.6) is 23.0 Å². The fourth-order valence-electron chi connectivity index (χ4n) is 2.92. The number of nitrogens with one attached hydrogen (secondary N) is 1. The second kappa shape index (κ2) is 6.87. The van der Waals surface area contributed by atoms with E-state index in [0.717, 1.165) is 5.39 Å². The van der Waals surface area contributed by atoms with Crippen LogP contribution in [0.1, 0.15) is 16.1 Å². The minimum atomic E-state index is -0.292. The van der Waals surface area contributed by atoms with Crippen molar-refractivity contribution >= 4 is 22.4 Å². The van der Waals surface area contributed by atoms with E-state index in [1.165, 1.54) is 21.3 Å². The Morgan fingerprint density at radius 1 is 0.923 bits per heavy atom. The van der Waals surface area contributed by atoms with Crippen molar-refractivity contribution in [3.63, 3.8) is 0 Å². The first-order chi connectivity index (χ1) is 12.5. The molecule has 0 atom stereocenters. The maximum atomic E-state index is 13.1. The SMILES string of the molecule is COc1cc(C(=O)c2[nH]c3c(OC)cccc3c2N)cc(OC)c1OC. The molecule has 0 aliphatic carbocycles. The van der Waals surface area contributed by atoms with Gasteiger partial charge in [-0.05, 0) is 18.2 Å². The number of aromatic amines is 1. The Labute approximate surface area is 150 Å². The molecular formula is C19H20N2O5. The normalized spacial score (nSPS) is 10.6. The number of hydrogen-bond donors (Lipinski definition) is 2. The molecule has 7 heteroatoms. The zero-order valence-corrected chi connectivity index (χ0v) is 15.0. The van der Waals surface area contributed by atoms with E-state index in [1.54, 1.807) is 25.3 Å². The number of benzene rings is 2. The van der Waals surface area contributed by atoms with Gasteiger partial charge in [-0.15, -0.1) is 0 Å². The lowest BCUT2D eigenvalue weighted by atomic mass is 10.1. The molecular weight excluding hydrogens is 336 g/mol. The number of anilines is 1. The maximum absolute atomic E-state index is 13.1. The smallest absolute Gasteiger partial charge is 0.211 e. The fourth-order valence-corrected chi connectivity index (χ4v) is 2.92. The molecule has 0 saturated heterocycles.